The Morgan fingerprint density at radius 3 is 2.53 bits per heavy atom. The van der Waals surface area contributed by atoms with Crippen LogP contribution in [-0.2, 0) is 16.0 Å². The molecule has 6 nitrogen and oxygen atoms in total. The van der Waals surface area contributed by atoms with Crippen LogP contribution in [-0.4, -0.2) is 24.1 Å². The Morgan fingerprint density at radius 1 is 1.06 bits per heavy atom. The van der Waals surface area contributed by atoms with Gasteiger partial charge < -0.3 is 19.9 Å². The number of nitrogens with one attached hydrogen (secondary N) is 1. The highest BCUT2D eigenvalue weighted by Crippen LogP contribution is 2.31. The van der Waals surface area contributed by atoms with Crippen molar-refractivity contribution in [3.63, 3.8) is 0 Å². The molecule has 3 aromatic rings. The van der Waals surface area contributed by atoms with Gasteiger partial charge in [0, 0.05) is 5.56 Å². The van der Waals surface area contributed by atoms with E-state index in [1.165, 1.54) is 19.2 Å². The van der Waals surface area contributed by atoms with E-state index in [1.54, 1.807) is 62.4 Å². The smallest absolute Gasteiger partial charge is 0.313 e. The highest BCUT2D eigenvalue weighted by molar-refractivity contribution is 5.93. The number of carbonyl (C=O) groups excluding carboxylic acids is 2. The van der Waals surface area contributed by atoms with Gasteiger partial charge >= 0.3 is 5.97 Å². The largest absolute Gasteiger partial charge is 0.504 e. The predicted molar refractivity (Wildman–Crippen MR) is 119 cm³/mol. The molecule has 166 valence electrons. The zero-order chi connectivity index (χ0) is 23.3. The van der Waals surface area contributed by atoms with Crippen LogP contribution >= 0.6 is 0 Å². The molecule has 0 aliphatic heterocycles. The van der Waals surface area contributed by atoms with Gasteiger partial charge in [0.25, 0.3) is 0 Å². The molecular formula is C25H24FNO5. The Bertz CT molecular complexity index is 1140. The van der Waals surface area contributed by atoms with Crippen molar-refractivity contribution in [3.05, 3.63) is 72.0 Å². The van der Waals surface area contributed by atoms with Gasteiger partial charge in [0.2, 0.25) is 5.91 Å². The number of hydrogen-bond donors (Lipinski definition) is 2. The third-order valence-electron chi connectivity index (χ3n) is 4.72. The van der Waals surface area contributed by atoms with Crippen molar-refractivity contribution in [2.24, 2.45) is 5.92 Å². The van der Waals surface area contributed by atoms with Gasteiger partial charge in [0.1, 0.15) is 5.75 Å². The Kier molecular flexibility index (Phi) is 7.10. The van der Waals surface area contributed by atoms with E-state index in [0.29, 0.717) is 16.9 Å². The minimum absolute atomic E-state index is 0.0268. The topological polar surface area (TPSA) is 84.9 Å². The molecule has 0 saturated heterocycles. The Hall–Kier alpha value is -3.87. The summed E-state index contributed by atoms with van der Waals surface area (Å²) in [5.41, 5.74) is 1.41. The highest BCUT2D eigenvalue weighted by atomic mass is 19.1. The maximum absolute atomic E-state index is 15.2. The van der Waals surface area contributed by atoms with Crippen molar-refractivity contribution < 1.29 is 28.6 Å². The maximum atomic E-state index is 15.2. The number of amides is 1. The average molecular weight is 437 g/mol. The summed E-state index contributed by atoms with van der Waals surface area (Å²) in [4.78, 5) is 24.3. The number of phenols is 1. The lowest BCUT2D eigenvalue weighted by molar-refractivity contribution is -0.137. The van der Waals surface area contributed by atoms with E-state index in [1.807, 2.05) is 0 Å². The van der Waals surface area contributed by atoms with Crippen LogP contribution < -0.4 is 14.8 Å². The number of halogens is 1. The van der Waals surface area contributed by atoms with Crippen molar-refractivity contribution in [2.45, 2.75) is 20.3 Å². The quantitative estimate of drug-likeness (QED) is 0.404. The summed E-state index contributed by atoms with van der Waals surface area (Å²) in [7, 11) is 1.42. The predicted octanol–water partition coefficient (Wildman–Crippen LogP) is 4.95. The number of rotatable bonds is 7. The van der Waals surface area contributed by atoms with E-state index >= 15 is 4.39 Å². The molecule has 7 heteroatoms. The van der Waals surface area contributed by atoms with Gasteiger partial charge in [0.15, 0.2) is 17.3 Å². The molecule has 1 amide bonds. The first-order valence-corrected chi connectivity index (χ1v) is 10.0. The van der Waals surface area contributed by atoms with Gasteiger partial charge in [-0.15, -0.1) is 0 Å². The second-order valence-electron chi connectivity index (χ2n) is 7.50. The molecule has 0 aliphatic carbocycles. The fourth-order valence-electron chi connectivity index (χ4n) is 3.02. The molecule has 2 N–H and O–H groups in total. The van der Waals surface area contributed by atoms with E-state index in [4.69, 9.17) is 9.47 Å². The molecule has 0 saturated carbocycles. The summed E-state index contributed by atoms with van der Waals surface area (Å²) in [6, 6.07) is 15.8. The number of anilines is 1. The van der Waals surface area contributed by atoms with E-state index in [2.05, 4.69) is 5.32 Å². The number of benzene rings is 3. The highest BCUT2D eigenvalue weighted by Gasteiger charge is 2.15. The Morgan fingerprint density at radius 2 is 1.81 bits per heavy atom. The van der Waals surface area contributed by atoms with Crippen molar-refractivity contribution in [2.75, 3.05) is 12.4 Å². The first-order valence-electron chi connectivity index (χ1n) is 10.0. The van der Waals surface area contributed by atoms with Crippen LogP contribution in [0.1, 0.15) is 19.4 Å². The molecule has 0 aliphatic rings. The number of aromatic hydroxyl groups is 1. The van der Waals surface area contributed by atoms with Crippen LogP contribution in [0, 0.1) is 11.7 Å². The normalized spacial score (nSPS) is 10.7. The zero-order valence-corrected chi connectivity index (χ0v) is 18.0. The van der Waals surface area contributed by atoms with Gasteiger partial charge in [-0.1, -0.05) is 44.2 Å². The molecule has 0 fully saturated rings. The Balaban J connectivity index is 1.78. The molecule has 3 aromatic carbocycles. The number of esters is 1. The van der Waals surface area contributed by atoms with Gasteiger partial charge in [0.05, 0.1) is 25.1 Å². The van der Waals surface area contributed by atoms with Crippen LogP contribution in [0.5, 0.6) is 17.2 Å². The van der Waals surface area contributed by atoms with Gasteiger partial charge in [-0.25, -0.2) is 4.39 Å². The van der Waals surface area contributed by atoms with E-state index in [-0.39, 0.29) is 41.1 Å². The summed E-state index contributed by atoms with van der Waals surface area (Å²) in [5, 5.41) is 12.3. The summed E-state index contributed by atoms with van der Waals surface area (Å²) in [6.07, 6.45) is -0.0268. The molecule has 0 spiro atoms. The molecule has 0 heterocycles. The van der Waals surface area contributed by atoms with Crippen molar-refractivity contribution >= 4 is 17.6 Å². The lowest BCUT2D eigenvalue weighted by Crippen LogP contribution is -2.15. The fourth-order valence-corrected chi connectivity index (χ4v) is 3.02. The summed E-state index contributed by atoms with van der Waals surface area (Å²) in [5.74, 6) is -1.16. The SMILES string of the molecule is COc1cc(CC(=O)Nc2cccc(-c3cccc(OC(=O)C(C)C)c3)c2F)ccc1O. The van der Waals surface area contributed by atoms with Crippen LogP contribution in [0.4, 0.5) is 10.1 Å². The molecule has 3 rings (SSSR count). The van der Waals surface area contributed by atoms with Gasteiger partial charge in [-0.05, 0) is 41.5 Å². The second kappa shape index (κ2) is 9.96. The summed E-state index contributed by atoms with van der Waals surface area (Å²) in [6.45, 7) is 3.46. The van der Waals surface area contributed by atoms with Crippen LogP contribution in [0.25, 0.3) is 11.1 Å². The molecule has 0 unspecified atom stereocenters. The fraction of sp³-hybridized carbons (Fsp3) is 0.200. The van der Waals surface area contributed by atoms with E-state index in [9.17, 15) is 14.7 Å². The number of carbonyl (C=O) groups is 2. The first-order chi connectivity index (χ1) is 15.3. The third-order valence-corrected chi connectivity index (χ3v) is 4.72. The van der Waals surface area contributed by atoms with Crippen molar-refractivity contribution in [1.29, 1.82) is 0 Å². The minimum Gasteiger partial charge on any atom is -0.504 e. The van der Waals surface area contributed by atoms with E-state index < -0.39 is 11.7 Å². The minimum atomic E-state index is -0.600. The second-order valence-corrected chi connectivity index (χ2v) is 7.50. The lowest BCUT2D eigenvalue weighted by Gasteiger charge is -2.12. The third kappa shape index (κ3) is 5.43. The van der Waals surface area contributed by atoms with Crippen LogP contribution in [0.3, 0.4) is 0 Å². The number of hydrogen-bond acceptors (Lipinski definition) is 5. The van der Waals surface area contributed by atoms with Crippen molar-refractivity contribution in [1.82, 2.24) is 0 Å². The van der Waals surface area contributed by atoms with E-state index in [0.717, 1.165) is 0 Å². The monoisotopic (exact) mass is 437 g/mol. The number of ether oxygens (including phenoxy) is 2. The van der Waals surface area contributed by atoms with Crippen LogP contribution in [0.15, 0.2) is 60.7 Å². The average Bonchev–Trinajstić information content (AvgIpc) is 2.76. The summed E-state index contributed by atoms with van der Waals surface area (Å²) < 4.78 is 25.5. The molecule has 32 heavy (non-hydrogen) atoms. The number of phenolic OH excluding ortho intramolecular Hbond substituents is 1. The van der Waals surface area contributed by atoms with Crippen LogP contribution in [0.2, 0.25) is 0 Å². The van der Waals surface area contributed by atoms with Crippen molar-refractivity contribution in [3.8, 4) is 28.4 Å². The molecule has 0 atom stereocenters. The Labute approximate surface area is 185 Å². The zero-order valence-electron chi connectivity index (χ0n) is 18.0. The lowest BCUT2D eigenvalue weighted by atomic mass is 10.0. The molecule has 0 radical (unpaired) electrons. The molecular weight excluding hydrogens is 413 g/mol. The number of methoxy groups -OCH3 is 1. The molecule has 0 bridgehead atoms. The standard InChI is InChI=1S/C25H24FNO5/c1-15(2)25(30)32-18-7-4-6-17(14-18)19-8-5-9-20(24(19)26)27-23(29)13-16-10-11-21(28)22(12-16)31-3/h4-12,14-15,28H,13H2,1-3H3,(H,27,29). The summed E-state index contributed by atoms with van der Waals surface area (Å²) >= 11 is 0. The van der Waals surface area contributed by atoms with Gasteiger partial charge in [-0.3, -0.25) is 9.59 Å². The maximum Gasteiger partial charge on any atom is 0.313 e. The van der Waals surface area contributed by atoms with Gasteiger partial charge in [-0.2, -0.15) is 0 Å². The molecule has 0 aromatic heterocycles. The first kappa shape index (κ1) is 22.8.